The van der Waals surface area contributed by atoms with Gasteiger partial charge in [-0.25, -0.2) is 14.6 Å². The number of alkyl carbamates (subject to hydrolysis) is 1. The Morgan fingerprint density at radius 2 is 1.95 bits per heavy atom. The molecule has 2 aromatic rings. The number of ether oxygens (including phenoxy) is 3. The quantitative estimate of drug-likeness (QED) is 0.545. The van der Waals surface area contributed by atoms with Gasteiger partial charge in [-0.15, -0.1) is 13.2 Å². The summed E-state index contributed by atoms with van der Waals surface area (Å²) in [6.07, 6.45) is -1.29. The summed E-state index contributed by atoms with van der Waals surface area (Å²) in [5.41, 5.74) is -0.409. The second-order valence-corrected chi connectivity index (χ2v) is 10.7. The molecule has 2 aliphatic rings. The van der Waals surface area contributed by atoms with Gasteiger partial charge >= 0.3 is 18.4 Å². The molecule has 1 aromatic carbocycles. The van der Waals surface area contributed by atoms with Crippen LogP contribution in [0.4, 0.5) is 18.0 Å². The van der Waals surface area contributed by atoms with Gasteiger partial charge in [-0.2, -0.15) is 0 Å². The van der Waals surface area contributed by atoms with Crippen LogP contribution in [0.3, 0.4) is 0 Å². The number of hydrogen-bond donors (Lipinski definition) is 2. The predicted molar refractivity (Wildman–Crippen MR) is 137 cm³/mol. The summed E-state index contributed by atoms with van der Waals surface area (Å²) >= 11 is 0. The monoisotopic (exact) mass is 565 g/mol. The number of hydrogen-bond acceptors (Lipinski definition) is 7. The summed E-state index contributed by atoms with van der Waals surface area (Å²) in [5, 5.41) is 12.8. The number of carbonyl (C=O) groups is 3. The Balaban J connectivity index is 1.78. The Kier molecular flexibility index (Phi) is 8.13. The lowest BCUT2D eigenvalue weighted by Gasteiger charge is -2.34. The third kappa shape index (κ3) is 6.75. The van der Waals surface area contributed by atoms with Crippen molar-refractivity contribution in [2.75, 3.05) is 13.2 Å². The first-order chi connectivity index (χ1) is 18.7. The molecule has 0 unspecified atom stereocenters. The molecular formula is C27H30F3N3O7. The van der Waals surface area contributed by atoms with Crippen LogP contribution in [0.1, 0.15) is 45.6 Å². The predicted octanol–water partition coefficient (Wildman–Crippen LogP) is 4.51. The van der Waals surface area contributed by atoms with Crippen molar-refractivity contribution >= 4 is 34.8 Å². The number of carbonyl (C=O) groups excluding carboxylic acids is 2. The third-order valence-corrected chi connectivity index (χ3v) is 6.60. The van der Waals surface area contributed by atoms with Crippen molar-refractivity contribution in [2.45, 2.75) is 64.6 Å². The highest BCUT2D eigenvalue weighted by atomic mass is 19.4. The van der Waals surface area contributed by atoms with Crippen LogP contribution in [0, 0.1) is 5.41 Å². The standard InChI is InChI=1S/C27H30F3N3O7/c1-26(2,3)21-23(34)33-14-16(13-19(33)24(35)36)39-22-18-11-15(7-5-4-6-10-38-25(37)32-21)12-20(40-27(28,29)30)17(18)8-9-31-22/h5,7-9,11-12,16,19,21H,4,6,10,13-14H2,1-3H3,(H,32,37)(H,35,36)/b7-5+/t16-,19+,21-/m1/s1. The molecule has 1 saturated heterocycles. The average Bonchev–Trinajstić information content (AvgIpc) is 3.27. The number of pyridine rings is 1. The topological polar surface area (TPSA) is 127 Å². The number of amides is 2. The van der Waals surface area contributed by atoms with E-state index < -0.39 is 53.7 Å². The second-order valence-electron chi connectivity index (χ2n) is 10.7. The molecule has 1 aromatic heterocycles. The van der Waals surface area contributed by atoms with Crippen LogP contribution < -0.4 is 14.8 Å². The summed E-state index contributed by atoms with van der Waals surface area (Å²) in [5.74, 6) is -2.37. The Bertz CT molecular complexity index is 1320. The fourth-order valence-electron chi connectivity index (χ4n) is 4.72. The molecule has 2 N–H and O–H groups in total. The first kappa shape index (κ1) is 29.0. The van der Waals surface area contributed by atoms with E-state index in [9.17, 15) is 32.7 Å². The molecule has 0 radical (unpaired) electrons. The lowest BCUT2D eigenvalue weighted by molar-refractivity contribution is -0.274. The van der Waals surface area contributed by atoms with E-state index in [1.165, 1.54) is 18.3 Å². The number of aliphatic carboxylic acids is 1. The number of alkyl halides is 3. The van der Waals surface area contributed by atoms with Gasteiger partial charge in [0.2, 0.25) is 11.8 Å². The zero-order chi connectivity index (χ0) is 29.2. The minimum Gasteiger partial charge on any atom is -0.480 e. The SMILES string of the molecule is CC(C)(C)[C@@H]1NC(=O)OCCC/C=C/c2cc(OC(F)(F)F)c3ccnc(c3c2)O[C@@H]2C[C@@H](C(=O)O)N(C2)C1=O. The molecule has 2 aliphatic heterocycles. The number of cyclic esters (lactones) is 1. The van der Waals surface area contributed by atoms with E-state index in [0.29, 0.717) is 18.4 Å². The molecule has 1 fully saturated rings. The average molecular weight is 566 g/mol. The number of fused-ring (bicyclic) bond motifs is 3. The fourth-order valence-corrected chi connectivity index (χ4v) is 4.72. The van der Waals surface area contributed by atoms with Crippen molar-refractivity contribution in [1.29, 1.82) is 0 Å². The molecule has 3 atom stereocenters. The van der Waals surface area contributed by atoms with Gasteiger partial charge in [-0.1, -0.05) is 32.9 Å². The van der Waals surface area contributed by atoms with Crippen LogP contribution in [0.15, 0.2) is 30.5 Å². The summed E-state index contributed by atoms with van der Waals surface area (Å²) in [7, 11) is 0. The molecule has 4 bridgehead atoms. The number of halogens is 3. The van der Waals surface area contributed by atoms with Gasteiger partial charge in [0.1, 0.15) is 23.9 Å². The first-order valence-electron chi connectivity index (χ1n) is 12.7. The molecule has 216 valence electrons. The summed E-state index contributed by atoms with van der Waals surface area (Å²) in [6.45, 7) is 5.05. The normalized spacial score (nSPS) is 23.6. The van der Waals surface area contributed by atoms with E-state index in [1.54, 1.807) is 39.0 Å². The molecule has 0 spiro atoms. The number of aromatic nitrogens is 1. The highest BCUT2D eigenvalue weighted by Gasteiger charge is 2.46. The van der Waals surface area contributed by atoms with E-state index in [2.05, 4.69) is 15.0 Å². The van der Waals surface area contributed by atoms with Crippen LogP contribution >= 0.6 is 0 Å². The lowest BCUT2D eigenvalue weighted by Crippen LogP contribution is -2.57. The van der Waals surface area contributed by atoms with Crippen molar-refractivity contribution in [3.8, 4) is 11.6 Å². The second kappa shape index (κ2) is 11.2. The number of nitrogens with zero attached hydrogens (tertiary/aromatic N) is 2. The van der Waals surface area contributed by atoms with Gasteiger partial charge in [0.15, 0.2) is 0 Å². The van der Waals surface area contributed by atoms with Crippen molar-refractivity contribution in [2.24, 2.45) is 5.41 Å². The van der Waals surface area contributed by atoms with Crippen LogP contribution in [0.25, 0.3) is 16.8 Å². The number of benzene rings is 1. The van der Waals surface area contributed by atoms with Crippen molar-refractivity contribution in [3.05, 3.63) is 36.0 Å². The van der Waals surface area contributed by atoms with Crippen LogP contribution in [0.2, 0.25) is 0 Å². The minimum atomic E-state index is -4.95. The Morgan fingerprint density at radius 3 is 2.62 bits per heavy atom. The van der Waals surface area contributed by atoms with Gasteiger partial charge < -0.3 is 29.5 Å². The summed E-state index contributed by atoms with van der Waals surface area (Å²) < 4.78 is 55.2. The fraction of sp³-hybridized carbons (Fsp3) is 0.481. The number of nitrogens with one attached hydrogen (secondary N) is 1. The number of rotatable bonds is 2. The molecule has 0 aliphatic carbocycles. The summed E-state index contributed by atoms with van der Waals surface area (Å²) in [6, 6.07) is 1.83. The minimum absolute atomic E-state index is 0.0207. The highest BCUT2D eigenvalue weighted by molar-refractivity contribution is 5.94. The number of carboxylic acids is 1. The Morgan fingerprint density at radius 1 is 1.20 bits per heavy atom. The van der Waals surface area contributed by atoms with E-state index in [0.717, 1.165) is 4.90 Å². The molecule has 4 rings (SSSR count). The van der Waals surface area contributed by atoms with Gasteiger partial charge in [-0.3, -0.25) is 4.79 Å². The maximum Gasteiger partial charge on any atom is 0.573 e. The van der Waals surface area contributed by atoms with Gasteiger partial charge in [0.25, 0.3) is 0 Å². The third-order valence-electron chi connectivity index (χ3n) is 6.60. The molecule has 3 heterocycles. The van der Waals surface area contributed by atoms with Gasteiger partial charge in [0.05, 0.1) is 13.2 Å². The van der Waals surface area contributed by atoms with Crippen LogP contribution in [-0.2, 0) is 14.3 Å². The molecular weight excluding hydrogens is 535 g/mol. The smallest absolute Gasteiger partial charge is 0.480 e. The maximum absolute atomic E-state index is 13.6. The molecule has 2 amide bonds. The van der Waals surface area contributed by atoms with Crippen molar-refractivity contribution in [1.82, 2.24) is 15.2 Å². The van der Waals surface area contributed by atoms with Crippen molar-refractivity contribution in [3.63, 3.8) is 0 Å². The van der Waals surface area contributed by atoms with Gasteiger partial charge in [-0.05, 0) is 42.0 Å². The maximum atomic E-state index is 13.6. The number of carboxylic acid groups (broad SMARTS) is 1. The molecule has 13 heteroatoms. The first-order valence-corrected chi connectivity index (χ1v) is 12.7. The Hall–Kier alpha value is -4.03. The zero-order valence-electron chi connectivity index (χ0n) is 22.2. The Labute approximate surface area is 228 Å². The lowest BCUT2D eigenvalue weighted by atomic mass is 9.85. The largest absolute Gasteiger partial charge is 0.573 e. The zero-order valence-corrected chi connectivity index (χ0v) is 22.2. The number of allylic oxidation sites excluding steroid dienone is 1. The van der Waals surface area contributed by atoms with Crippen molar-refractivity contribution < 1.29 is 46.9 Å². The van der Waals surface area contributed by atoms with E-state index in [-0.39, 0.29) is 36.2 Å². The molecule has 0 saturated carbocycles. The summed E-state index contributed by atoms with van der Waals surface area (Å²) in [4.78, 5) is 43.6. The van der Waals surface area contributed by atoms with E-state index in [1.807, 2.05) is 0 Å². The van der Waals surface area contributed by atoms with Gasteiger partial charge in [0, 0.05) is 23.4 Å². The van der Waals surface area contributed by atoms with E-state index in [4.69, 9.17) is 9.47 Å². The highest BCUT2D eigenvalue weighted by Crippen LogP contribution is 2.37. The van der Waals surface area contributed by atoms with E-state index >= 15 is 0 Å². The van der Waals surface area contributed by atoms with Crippen LogP contribution in [-0.4, -0.2) is 70.7 Å². The van der Waals surface area contributed by atoms with Crippen LogP contribution in [0.5, 0.6) is 11.6 Å². The molecule has 10 nitrogen and oxygen atoms in total. The molecule has 40 heavy (non-hydrogen) atoms.